The minimum absolute atomic E-state index is 0.0310. The van der Waals surface area contributed by atoms with E-state index < -0.39 is 0 Å². The second-order valence-corrected chi connectivity index (χ2v) is 4.72. The second-order valence-electron chi connectivity index (χ2n) is 4.72. The average Bonchev–Trinajstić information content (AvgIpc) is 3.00. The third-order valence-corrected chi connectivity index (χ3v) is 3.40. The molecule has 0 aromatic carbocycles. The molecule has 0 aromatic rings. The summed E-state index contributed by atoms with van der Waals surface area (Å²) in [5.74, 6) is 0.405. The van der Waals surface area contributed by atoms with Crippen LogP contribution in [0.4, 0.5) is 0 Å². The van der Waals surface area contributed by atoms with Gasteiger partial charge in [0, 0.05) is 12.5 Å². The summed E-state index contributed by atoms with van der Waals surface area (Å²) in [6.45, 7) is 4.83. The third-order valence-electron chi connectivity index (χ3n) is 3.40. The maximum absolute atomic E-state index is 11.9. The largest absolute Gasteiger partial charge is 0.349 e. The van der Waals surface area contributed by atoms with Crippen molar-refractivity contribution in [2.24, 2.45) is 11.7 Å². The highest BCUT2D eigenvalue weighted by atomic mass is 16.2. The second kappa shape index (κ2) is 5.50. The monoisotopic (exact) mass is 212 g/mol. The molecule has 3 nitrogen and oxygen atoms in total. The van der Waals surface area contributed by atoms with Crippen LogP contribution >= 0.6 is 0 Å². The van der Waals surface area contributed by atoms with Gasteiger partial charge < -0.3 is 11.1 Å². The van der Waals surface area contributed by atoms with E-state index in [2.05, 4.69) is 19.2 Å². The number of carbonyl (C=O) groups excluding carboxylic acids is 1. The molecule has 88 valence electrons. The zero-order chi connectivity index (χ0) is 11.3. The van der Waals surface area contributed by atoms with Crippen molar-refractivity contribution >= 4 is 5.91 Å². The zero-order valence-corrected chi connectivity index (χ0v) is 10.0. The fraction of sp³-hybridized carbons (Fsp3) is 0.917. The van der Waals surface area contributed by atoms with Crippen molar-refractivity contribution in [2.45, 2.75) is 57.9 Å². The Balaban J connectivity index is 2.36. The van der Waals surface area contributed by atoms with E-state index in [0.717, 1.165) is 38.5 Å². The van der Waals surface area contributed by atoms with E-state index in [-0.39, 0.29) is 17.4 Å². The van der Waals surface area contributed by atoms with E-state index in [9.17, 15) is 4.79 Å². The Morgan fingerprint density at radius 1 is 1.47 bits per heavy atom. The Bertz CT molecular complexity index is 212. The van der Waals surface area contributed by atoms with Crippen molar-refractivity contribution in [3.8, 4) is 0 Å². The molecule has 1 aliphatic carbocycles. The van der Waals surface area contributed by atoms with Crippen molar-refractivity contribution in [3.63, 3.8) is 0 Å². The van der Waals surface area contributed by atoms with Crippen LogP contribution in [0.1, 0.15) is 52.4 Å². The molecule has 15 heavy (non-hydrogen) atoms. The molecule has 0 saturated heterocycles. The molecule has 1 fully saturated rings. The molecule has 0 spiro atoms. The Labute approximate surface area is 92.8 Å². The van der Waals surface area contributed by atoms with Gasteiger partial charge >= 0.3 is 0 Å². The van der Waals surface area contributed by atoms with E-state index in [4.69, 9.17) is 5.73 Å². The van der Waals surface area contributed by atoms with Gasteiger partial charge in [-0.1, -0.05) is 26.7 Å². The first kappa shape index (κ1) is 12.5. The zero-order valence-electron chi connectivity index (χ0n) is 10.0. The van der Waals surface area contributed by atoms with Crippen molar-refractivity contribution in [2.75, 3.05) is 6.54 Å². The maximum Gasteiger partial charge on any atom is 0.223 e. The fourth-order valence-corrected chi connectivity index (χ4v) is 1.87. The number of amides is 1. The van der Waals surface area contributed by atoms with Gasteiger partial charge in [0.05, 0.1) is 5.54 Å². The molecule has 1 saturated carbocycles. The number of unbranched alkanes of at least 4 members (excludes halogenated alkanes) is 1. The van der Waals surface area contributed by atoms with E-state index in [1.54, 1.807) is 0 Å². The lowest BCUT2D eigenvalue weighted by molar-refractivity contribution is -0.126. The van der Waals surface area contributed by atoms with Crippen molar-refractivity contribution in [1.29, 1.82) is 0 Å². The van der Waals surface area contributed by atoms with E-state index in [1.165, 1.54) is 0 Å². The van der Waals surface area contributed by atoms with Crippen LogP contribution in [0.3, 0.4) is 0 Å². The molecule has 3 N–H and O–H groups in total. The molecule has 0 aromatic heterocycles. The molecular weight excluding hydrogens is 188 g/mol. The molecule has 0 aliphatic heterocycles. The van der Waals surface area contributed by atoms with Crippen LogP contribution in [-0.4, -0.2) is 18.0 Å². The quantitative estimate of drug-likeness (QED) is 0.676. The van der Waals surface area contributed by atoms with Gasteiger partial charge in [-0.25, -0.2) is 0 Å². The molecule has 1 aliphatic rings. The number of hydrogen-bond acceptors (Lipinski definition) is 2. The first-order valence-electron chi connectivity index (χ1n) is 6.19. The molecular formula is C12H24N2O. The van der Waals surface area contributed by atoms with Gasteiger partial charge in [0.15, 0.2) is 0 Å². The smallest absolute Gasteiger partial charge is 0.223 e. The Kier molecular flexibility index (Phi) is 4.58. The maximum atomic E-state index is 11.9. The van der Waals surface area contributed by atoms with Gasteiger partial charge in [0.25, 0.3) is 0 Å². The summed E-state index contributed by atoms with van der Waals surface area (Å²) in [4.78, 5) is 11.9. The summed E-state index contributed by atoms with van der Waals surface area (Å²) in [5, 5.41) is 3.11. The van der Waals surface area contributed by atoms with Crippen LogP contribution in [0, 0.1) is 5.92 Å². The molecule has 1 amide bonds. The van der Waals surface area contributed by atoms with Crippen molar-refractivity contribution < 1.29 is 4.79 Å². The number of nitrogens with two attached hydrogens (primary N) is 1. The topological polar surface area (TPSA) is 55.1 Å². The van der Waals surface area contributed by atoms with Crippen LogP contribution < -0.4 is 11.1 Å². The van der Waals surface area contributed by atoms with Gasteiger partial charge in [-0.2, -0.15) is 0 Å². The molecule has 0 heterocycles. The van der Waals surface area contributed by atoms with Gasteiger partial charge in [-0.3, -0.25) is 4.79 Å². The Hall–Kier alpha value is -0.570. The van der Waals surface area contributed by atoms with E-state index in [0.29, 0.717) is 6.54 Å². The summed E-state index contributed by atoms with van der Waals surface area (Å²) in [6, 6.07) is 0. The first-order chi connectivity index (χ1) is 7.17. The van der Waals surface area contributed by atoms with Crippen molar-refractivity contribution in [1.82, 2.24) is 5.32 Å². The lowest BCUT2D eigenvalue weighted by atomic mass is 9.98. The van der Waals surface area contributed by atoms with Gasteiger partial charge in [-0.05, 0) is 25.7 Å². The first-order valence-corrected chi connectivity index (χ1v) is 6.19. The predicted octanol–water partition coefficient (Wildman–Crippen LogP) is 1.81. The van der Waals surface area contributed by atoms with E-state index >= 15 is 0 Å². The number of hydrogen-bond donors (Lipinski definition) is 2. The summed E-state index contributed by atoms with van der Waals surface area (Å²) in [6.07, 6.45) is 6.36. The average molecular weight is 212 g/mol. The predicted molar refractivity (Wildman–Crippen MR) is 62.5 cm³/mol. The van der Waals surface area contributed by atoms with Crippen LogP contribution in [-0.2, 0) is 4.79 Å². The van der Waals surface area contributed by atoms with Crippen LogP contribution in [0.5, 0.6) is 0 Å². The third kappa shape index (κ3) is 3.49. The van der Waals surface area contributed by atoms with Gasteiger partial charge in [0.1, 0.15) is 0 Å². The number of nitrogens with one attached hydrogen (secondary N) is 1. The SMILES string of the molecule is CCCCC(CC)C(=O)NC1(CN)CC1. The fourth-order valence-electron chi connectivity index (χ4n) is 1.87. The summed E-state index contributed by atoms with van der Waals surface area (Å²) in [5.41, 5.74) is 5.61. The van der Waals surface area contributed by atoms with Crippen LogP contribution in [0.2, 0.25) is 0 Å². The van der Waals surface area contributed by atoms with Gasteiger partial charge in [-0.15, -0.1) is 0 Å². The molecule has 3 heteroatoms. The van der Waals surface area contributed by atoms with Gasteiger partial charge in [0.2, 0.25) is 5.91 Å². The molecule has 0 bridgehead atoms. The summed E-state index contributed by atoms with van der Waals surface area (Å²) >= 11 is 0. The highest BCUT2D eigenvalue weighted by Gasteiger charge is 2.43. The summed E-state index contributed by atoms with van der Waals surface area (Å²) in [7, 11) is 0. The highest BCUT2D eigenvalue weighted by molar-refractivity contribution is 5.79. The molecule has 1 unspecified atom stereocenters. The minimum Gasteiger partial charge on any atom is -0.349 e. The number of carbonyl (C=O) groups is 1. The van der Waals surface area contributed by atoms with Crippen molar-refractivity contribution in [3.05, 3.63) is 0 Å². The minimum atomic E-state index is -0.0310. The lowest BCUT2D eigenvalue weighted by Crippen LogP contribution is -2.45. The van der Waals surface area contributed by atoms with E-state index in [1.807, 2.05) is 0 Å². The molecule has 1 rings (SSSR count). The lowest BCUT2D eigenvalue weighted by Gasteiger charge is -2.20. The number of rotatable bonds is 7. The highest BCUT2D eigenvalue weighted by Crippen LogP contribution is 2.34. The van der Waals surface area contributed by atoms with Crippen LogP contribution in [0.25, 0.3) is 0 Å². The molecule has 1 atom stereocenters. The Morgan fingerprint density at radius 2 is 2.13 bits per heavy atom. The standard InChI is InChI=1S/C12H24N2O/c1-3-5-6-10(4-2)11(15)14-12(9-13)7-8-12/h10H,3-9,13H2,1-2H3,(H,14,15). The normalized spacial score (nSPS) is 19.7. The molecule has 0 radical (unpaired) electrons. The van der Waals surface area contributed by atoms with Crippen LogP contribution in [0.15, 0.2) is 0 Å². The Morgan fingerprint density at radius 3 is 2.53 bits per heavy atom. The summed E-state index contributed by atoms with van der Waals surface area (Å²) < 4.78 is 0.